The summed E-state index contributed by atoms with van der Waals surface area (Å²) in [5.41, 5.74) is -0.530. The summed E-state index contributed by atoms with van der Waals surface area (Å²) in [6, 6.07) is 0. The molecule has 0 aliphatic carbocycles. The first-order valence-corrected chi connectivity index (χ1v) is 4.86. The second-order valence-electron chi connectivity index (χ2n) is 3.57. The minimum atomic E-state index is -1.91. The summed E-state index contributed by atoms with van der Waals surface area (Å²) in [6.45, 7) is 0. The van der Waals surface area contributed by atoms with E-state index < -0.39 is 40.1 Å². The molecule has 1 N–H and O–H groups in total. The number of aromatic nitrogens is 1. The summed E-state index contributed by atoms with van der Waals surface area (Å²) >= 11 is 0. The topological polar surface area (TPSA) is 42.1 Å². The second kappa shape index (κ2) is 4.32. The first-order valence-electron chi connectivity index (χ1n) is 4.86. The summed E-state index contributed by atoms with van der Waals surface area (Å²) in [7, 11) is 1.12. The quantitative estimate of drug-likeness (QED) is 0.390. The Kier molecular flexibility index (Phi) is 2.98. The monoisotopic (exact) mass is 261 g/mol. The number of halogens is 4. The number of H-pyrrole nitrogens is 1. The van der Waals surface area contributed by atoms with E-state index in [0.29, 0.717) is 0 Å². The van der Waals surface area contributed by atoms with E-state index in [9.17, 15) is 22.4 Å². The largest absolute Gasteiger partial charge is 0.469 e. The highest BCUT2D eigenvalue weighted by Gasteiger charge is 2.24. The Morgan fingerprint density at radius 2 is 1.78 bits per heavy atom. The van der Waals surface area contributed by atoms with Crippen molar-refractivity contribution < 1.29 is 27.1 Å². The van der Waals surface area contributed by atoms with Crippen LogP contribution in [0.3, 0.4) is 0 Å². The summed E-state index contributed by atoms with van der Waals surface area (Å²) in [5, 5.41) is -0.489. The summed E-state index contributed by atoms with van der Waals surface area (Å²) in [4.78, 5) is 13.3. The van der Waals surface area contributed by atoms with Crippen LogP contribution in [0.15, 0.2) is 6.20 Å². The maximum absolute atomic E-state index is 13.5. The van der Waals surface area contributed by atoms with Gasteiger partial charge in [0.2, 0.25) is 0 Å². The van der Waals surface area contributed by atoms with Gasteiger partial charge in [0.1, 0.15) is 0 Å². The molecule has 2 aromatic rings. The number of hydrogen-bond donors (Lipinski definition) is 1. The fraction of sp³-hybridized carbons (Fsp3) is 0.182. The molecular formula is C11H7F4NO2. The van der Waals surface area contributed by atoms with Gasteiger partial charge in [0.05, 0.1) is 19.0 Å². The van der Waals surface area contributed by atoms with Crippen molar-refractivity contribution in [1.82, 2.24) is 4.98 Å². The Bertz CT molecular complexity index is 636. The number of nitrogens with one attached hydrogen (secondary N) is 1. The molecule has 7 heteroatoms. The zero-order chi connectivity index (χ0) is 13.4. The Labute approximate surface area is 98.4 Å². The molecule has 0 radical (unpaired) electrons. The lowest BCUT2D eigenvalue weighted by atomic mass is 10.1. The van der Waals surface area contributed by atoms with Crippen molar-refractivity contribution >= 4 is 16.9 Å². The molecule has 0 amide bonds. The summed E-state index contributed by atoms with van der Waals surface area (Å²) in [5.74, 6) is -7.58. The predicted molar refractivity (Wildman–Crippen MR) is 53.9 cm³/mol. The third kappa shape index (κ3) is 1.71. The normalized spacial score (nSPS) is 10.9. The van der Waals surface area contributed by atoms with Gasteiger partial charge in [0.25, 0.3) is 0 Å². The molecule has 0 aliphatic rings. The minimum absolute atomic E-state index is 0.00727. The van der Waals surface area contributed by atoms with E-state index >= 15 is 0 Å². The highest BCUT2D eigenvalue weighted by Crippen LogP contribution is 2.29. The number of benzene rings is 1. The van der Waals surface area contributed by atoms with E-state index in [1.54, 1.807) is 0 Å². The number of hydrogen-bond acceptors (Lipinski definition) is 2. The number of methoxy groups -OCH3 is 1. The van der Waals surface area contributed by atoms with E-state index in [1.807, 2.05) is 0 Å². The van der Waals surface area contributed by atoms with Crippen LogP contribution < -0.4 is 0 Å². The summed E-state index contributed by atoms with van der Waals surface area (Å²) in [6.07, 6.45) is 0.727. The number of aromatic amines is 1. The van der Waals surface area contributed by atoms with Crippen LogP contribution in [0.4, 0.5) is 17.6 Å². The van der Waals surface area contributed by atoms with Crippen molar-refractivity contribution in [2.24, 2.45) is 0 Å². The lowest BCUT2D eigenvalue weighted by molar-refractivity contribution is -0.139. The van der Waals surface area contributed by atoms with Gasteiger partial charge in [-0.15, -0.1) is 0 Å². The molecule has 0 aliphatic heterocycles. The second-order valence-corrected chi connectivity index (χ2v) is 3.57. The summed E-state index contributed by atoms with van der Waals surface area (Å²) < 4.78 is 57.3. The maximum atomic E-state index is 13.5. The van der Waals surface area contributed by atoms with Crippen LogP contribution in [0.2, 0.25) is 0 Å². The standard InChI is InChI=1S/C11H7F4NO2/c1-18-5(17)2-4-3-16-11-6(4)7(12)8(13)9(14)10(11)15/h3,16H,2H2,1H3. The average Bonchev–Trinajstić information content (AvgIpc) is 2.77. The Hall–Kier alpha value is -2.05. The fourth-order valence-electron chi connectivity index (χ4n) is 1.67. The Morgan fingerprint density at radius 3 is 2.39 bits per heavy atom. The van der Waals surface area contributed by atoms with Gasteiger partial charge in [0, 0.05) is 11.6 Å². The van der Waals surface area contributed by atoms with Crippen LogP contribution in [0, 0.1) is 23.3 Å². The van der Waals surface area contributed by atoms with Crippen LogP contribution in [0.1, 0.15) is 5.56 Å². The van der Waals surface area contributed by atoms with Gasteiger partial charge in [-0.3, -0.25) is 4.79 Å². The number of esters is 1. The van der Waals surface area contributed by atoms with Crippen LogP contribution in [-0.2, 0) is 16.0 Å². The van der Waals surface area contributed by atoms with Gasteiger partial charge < -0.3 is 9.72 Å². The molecular weight excluding hydrogens is 254 g/mol. The molecule has 2 rings (SSSR count). The lowest BCUT2D eigenvalue weighted by Crippen LogP contribution is -2.05. The van der Waals surface area contributed by atoms with Gasteiger partial charge >= 0.3 is 5.97 Å². The van der Waals surface area contributed by atoms with Gasteiger partial charge in [-0.2, -0.15) is 0 Å². The van der Waals surface area contributed by atoms with Crippen molar-refractivity contribution in [3.8, 4) is 0 Å². The van der Waals surface area contributed by atoms with Gasteiger partial charge in [-0.1, -0.05) is 0 Å². The first-order chi connectivity index (χ1) is 8.47. The van der Waals surface area contributed by atoms with Crippen molar-refractivity contribution in [3.63, 3.8) is 0 Å². The van der Waals surface area contributed by atoms with Crippen molar-refractivity contribution in [1.29, 1.82) is 0 Å². The molecule has 1 aromatic heterocycles. The molecule has 0 fully saturated rings. The van der Waals surface area contributed by atoms with E-state index in [1.165, 1.54) is 0 Å². The third-order valence-corrected chi connectivity index (χ3v) is 2.54. The first kappa shape index (κ1) is 12.4. The van der Waals surface area contributed by atoms with Crippen LogP contribution in [0.25, 0.3) is 10.9 Å². The molecule has 0 bridgehead atoms. The highest BCUT2D eigenvalue weighted by atomic mass is 19.2. The smallest absolute Gasteiger partial charge is 0.310 e. The molecule has 96 valence electrons. The Balaban J connectivity index is 2.69. The number of fused-ring (bicyclic) bond motifs is 1. The molecule has 1 heterocycles. The fourth-order valence-corrected chi connectivity index (χ4v) is 1.67. The SMILES string of the molecule is COC(=O)Cc1c[nH]c2c(F)c(F)c(F)c(F)c12. The maximum Gasteiger partial charge on any atom is 0.310 e. The van der Waals surface area contributed by atoms with Crippen molar-refractivity contribution in [2.45, 2.75) is 6.42 Å². The molecule has 0 atom stereocenters. The average molecular weight is 261 g/mol. The zero-order valence-electron chi connectivity index (χ0n) is 9.11. The van der Waals surface area contributed by atoms with Crippen LogP contribution in [0.5, 0.6) is 0 Å². The zero-order valence-corrected chi connectivity index (χ0v) is 9.11. The van der Waals surface area contributed by atoms with Gasteiger partial charge in [-0.05, 0) is 5.56 Å². The molecule has 0 saturated carbocycles. The molecule has 0 unspecified atom stereocenters. The van der Waals surface area contributed by atoms with Crippen molar-refractivity contribution in [2.75, 3.05) is 7.11 Å². The number of ether oxygens (including phenoxy) is 1. The minimum Gasteiger partial charge on any atom is -0.469 e. The third-order valence-electron chi connectivity index (χ3n) is 2.54. The molecule has 3 nitrogen and oxygen atoms in total. The predicted octanol–water partition coefficient (Wildman–Crippen LogP) is 2.44. The molecule has 1 aromatic carbocycles. The molecule has 18 heavy (non-hydrogen) atoms. The number of carbonyl (C=O) groups excluding carboxylic acids is 1. The van der Waals surface area contributed by atoms with E-state index in [4.69, 9.17) is 0 Å². The van der Waals surface area contributed by atoms with E-state index in [0.717, 1.165) is 13.3 Å². The highest BCUT2D eigenvalue weighted by molar-refractivity contribution is 5.88. The van der Waals surface area contributed by atoms with E-state index in [-0.39, 0.29) is 12.0 Å². The van der Waals surface area contributed by atoms with Crippen LogP contribution in [-0.4, -0.2) is 18.1 Å². The van der Waals surface area contributed by atoms with Gasteiger partial charge in [-0.25, -0.2) is 17.6 Å². The lowest BCUT2D eigenvalue weighted by Gasteiger charge is -2.02. The molecule has 0 spiro atoms. The van der Waals surface area contributed by atoms with Gasteiger partial charge in [0.15, 0.2) is 23.3 Å². The number of rotatable bonds is 2. The molecule has 0 saturated heterocycles. The number of carbonyl (C=O) groups is 1. The van der Waals surface area contributed by atoms with E-state index in [2.05, 4.69) is 9.72 Å². The Morgan fingerprint density at radius 1 is 1.17 bits per heavy atom. The van der Waals surface area contributed by atoms with Crippen LogP contribution >= 0.6 is 0 Å². The van der Waals surface area contributed by atoms with Crippen molar-refractivity contribution in [3.05, 3.63) is 35.0 Å².